The highest BCUT2D eigenvalue weighted by atomic mass is 32.2. The molecule has 3 nitrogen and oxygen atoms in total. The Morgan fingerprint density at radius 3 is 2.74 bits per heavy atom. The molecule has 1 amide bonds. The second-order valence-electron chi connectivity index (χ2n) is 4.74. The predicted octanol–water partition coefficient (Wildman–Crippen LogP) is 3.25. The lowest BCUT2D eigenvalue weighted by molar-refractivity contribution is -0.122. The van der Waals surface area contributed by atoms with E-state index in [0.29, 0.717) is 27.3 Å². The van der Waals surface area contributed by atoms with Crippen molar-refractivity contribution in [2.45, 2.75) is 13.8 Å². The number of phenols is 1. The molecule has 0 atom stereocenters. The molecule has 0 aliphatic carbocycles. The number of thioether (sulfide) groups is 1. The van der Waals surface area contributed by atoms with Gasteiger partial charge in [0, 0.05) is 12.1 Å². The molecule has 2 rings (SSSR count). The highest BCUT2D eigenvalue weighted by Crippen LogP contribution is 2.34. The number of rotatable bonds is 3. The molecule has 19 heavy (non-hydrogen) atoms. The second kappa shape index (κ2) is 5.75. The Balaban J connectivity index is 2.26. The number of thiocarbonyl (C=S) groups is 1. The summed E-state index contributed by atoms with van der Waals surface area (Å²) in [5.41, 5.74) is 0.632. The van der Waals surface area contributed by atoms with Crippen LogP contribution >= 0.6 is 24.0 Å². The largest absolute Gasteiger partial charge is 0.507 e. The Morgan fingerprint density at radius 1 is 1.42 bits per heavy atom. The van der Waals surface area contributed by atoms with Gasteiger partial charge in [-0.15, -0.1) is 0 Å². The summed E-state index contributed by atoms with van der Waals surface area (Å²) in [6, 6.07) is 6.93. The van der Waals surface area contributed by atoms with Crippen LogP contribution in [0.1, 0.15) is 19.4 Å². The van der Waals surface area contributed by atoms with E-state index in [1.54, 1.807) is 29.2 Å². The molecule has 0 bridgehead atoms. The lowest BCUT2D eigenvalue weighted by Crippen LogP contribution is -2.31. The summed E-state index contributed by atoms with van der Waals surface area (Å²) in [6.07, 6.45) is 1.69. The fourth-order valence-electron chi connectivity index (χ4n) is 1.77. The maximum Gasteiger partial charge on any atom is 0.266 e. The fourth-order valence-corrected chi connectivity index (χ4v) is 3.04. The van der Waals surface area contributed by atoms with Crippen LogP contribution in [0.5, 0.6) is 5.75 Å². The van der Waals surface area contributed by atoms with Crippen molar-refractivity contribution in [2.24, 2.45) is 5.92 Å². The third kappa shape index (κ3) is 3.16. The summed E-state index contributed by atoms with van der Waals surface area (Å²) in [6.45, 7) is 4.72. The summed E-state index contributed by atoms with van der Waals surface area (Å²) in [5.74, 6) is 0.454. The Labute approximate surface area is 122 Å². The van der Waals surface area contributed by atoms with Crippen LogP contribution in [0.4, 0.5) is 0 Å². The molecule has 1 aromatic carbocycles. The number of benzene rings is 1. The van der Waals surface area contributed by atoms with E-state index in [9.17, 15) is 9.90 Å². The van der Waals surface area contributed by atoms with Crippen LogP contribution in [-0.4, -0.2) is 26.8 Å². The Kier molecular flexibility index (Phi) is 4.27. The van der Waals surface area contributed by atoms with Crippen LogP contribution < -0.4 is 0 Å². The second-order valence-corrected chi connectivity index (χ2v) is 6.42. The Morgan fingerprint density at radius 2 is 2.11 bits per heavy atom. The van der Waals surface area contributed by atoms with Crippen LogP contribution in [0.15, 0.2) is 29.2 Å². The molecule has 0 radical (unpaired) electrons. The van der Waals surface area contributed by atoms with Crippen molar-refractivity contribution in [3.05, 3.63) is 34.7 Å². The molecule has 1 fully saturated rings. The molecule has 5 heteroatoms. The molecule has 0 spiro atoms. The van der Waals surface area contributed by atoms with Gasteiger partial charge in [-0.05, 0) is 18.1 Å². The number of amides is 1. The van der Waals surface area contributed by atoms with E-state index in [1.165, 1.54) is 11.8 Å². The van der Waals surface area contributed by atoms with Crippen LogP contribution in [0.3, 0.4) is 0 Å². The molecule has 1 heterocycles. The molecule has 1 N–H and O–H groups in total. The van der Waals surface area contributed by atoms with Crippen molar-refractivity contribution in [2.75, 3.05) is 6.54 Å². The molecule has 100 valence electrons. The molecular formula is C14H15NO2S2. The first-order chi connectivity index (χ1) is 8.99. The van der Waals surface area contributed by atoms with Gasteiger partial charge >= 0.3 is 0 Å². The van der Waals surface area contributed by atoms with E-state index in [4.69, 9.17) is 12.2 Å². The number of aromatic hydroxyl groups is 1. The Bertz CT molecular complexity index is 552. The SMILES string of the molecule is CC(C)CN1C(=O)/C(=C/c2ccccc2O)SC1=S. The highest BCUT2D eigenvalue weighted by molar-refractivity contribution is 8.26. The summed E-state index contributed by atoms with van der Waals surface area (Å²) < 4.78 is 0.584. The van der Waals surface area contributed by atoms with Crippen LogP contribution in [0.25, 0.3) is 6.08 Å². The van der Waals surface area contributed by atoms with Crippen molar-refractivity contribution < 1.29 is 9.90 Å². The number of nitrogens with zero attached hydrogens (tertiary/aromatic N) is 1. The highest BCUT2D eigenvalue weighted by Gasteiger charge is 2.32. The molecular weight excluding hydrogens is 278 g/mol. The molecule has 1 aliphatic rings. The zero-order valence-corrected chi connectivity index (χ0v) is 12.4. The quantitative estimate of drug-likeness (QED) is 0.686. The molecule has 0 aromatic heterocycles. The topological polar surface area (TPSA) is 40.5 Å². The lowest BCUT2D eigenvalue weighted by Gasteiger charge is -2.16. The minimum Gasteiger partial charge on any atom is -0.507 e. The number of para-hydroxylation sites is 1. The first-order valence-electron chi connectivity index (χ1n) is 6.02. The van der Waals surface area contributed by atoms with Crippen molar-refractivity contribution in [1.29, 1.82) is 0 Å². The third-order valence-corrected chi connectivity index (χ3v) is 4.02. The molecule has 0 unspecified atom stereocenters. The maximum absolute atomic E-state index is 12.2. The van der Waals surface area contributed by atoms with Gasteiger partial charge in [-0.2, -0.15) is 0 Å². The van der Waals surface area contributed by atoms with Crippen molar-refractivity contribution >= 4 is 40.3 Å². The first-order valence-corrected chi connectivity index (χ1v) is 7.25. The minimum absolute atomic E-state index is 0.0769. The van der Waals surface area contributed by atoms with Gasteiger partial charge in [0.15, 0.2) is 0 Å². The average Bonchev–Trinajstić information content (AvgIpc) is 2.60. The lowest BCUT2D eigenvalue weighted by atomic mass is 10.2. The van der Waals surface area contributed by atoms with Gasteiger partial charge in [-0.1, -0.05) is 56.0 Å². The van der Waals surface area contributed by atoms with E-state index >= 15 is 0 Å². The van der Waals surface area contributed by atoms with E-state index in [1.807, 2.05) is 19.9 Å². The fraction of sp³-hybridized carbons (Fsp3) is 0.286. The zero-order valence-electron chi connectivity index (χ0n) is 10.8. The number of hydrogen-bond acceptors (Lipinski definition) is 4. The van der Waals surface area contributed by atoms with Crippen LogP contribution in [0.2, 0.25) is 0 Å². The van der Waals surface area contributed by atoms with E-state index in [0.717, 1.165) is 0 Å². The predicted molar refractivity (Wildman–Crippen MR) is 82.8 cm³/mol. The van der Waals surface area contributed by atoms with Crippen molar-refractivity contribution in [1.82, 2.24) is 4.90 Å². The van der Waals surface area contributed by atoms with Gasteiger partial charge in [0.2, 0.25) is 0 Å². The number of hydrogen-bond donors (Lipinski definition) is 1. The standard InChI is InChI=1S/C14H15NO2S2/c1-9(2)8-15-13(17)12(19-14(15)18)7-10-5-3-4-6-11(10)16/h3-7,9,16H,8H2,1-2H3/b12-7-. The van der Waals surface area contributed by atoms with E-state index < -0.39 is 0 Å². The van der Waals surface area contributed by atoms with Crippen LogP contribution in [-0.2, 0) is 4.79 Å². The van der Waals surface area contributed by atoms with Gasteiger partial charge < -0.3 is 5.11 Å². The average molecular weight is 293 g/mol. The minimum atomic E-state index is -0.0769. The van der Waals surface area contributed by atoms with Gasteiger partial charge in [0.25, 0.3) is 5.91 Å². The van der Waals surface area contributed by atoms with Gasteiger partial charge in [0.05, 0.1) is 4.91 Å². The van der Waals surface area contributed by atoms with Gasteiger partial charge in [-0.25, -0.2) is 0 Å². The van der Waals surface area contributed by atoms with Gasteiger partial charge in [-0.3, -0.25) is 9.69 Å². The summed E-state index contributed by atoms with van der Waals surface area (Å²) >= 11 is 6.51. The van der Waals surface area contributed by atoms with Crippen molar-refractivity contribution in [3.8, 4) is 5.75 Å². The number of carbonyl (C=O) groups is 1. The molecule has 1 saturated heterocycles. The van der Waals surface area contributed by atoms with Crippen LogP contribution in [0, 0.1) is 5.92 Å². The summed E-state index contributed by atoms with van der Waals surface area (Å²) in [4.78, 5) is 14.4. The molecule has 1 aliphatic heterocycles. The van der Waals surface area contributed by atoms with Gasteiger partial charge in [0.1, 0.15) is 10.1 Å². The number of carbonyl (C=O) groups excluding carboxylic acids is 1. The first kappa shape index (κ1) is 14.1. The third-order valence-electron chi connectivity index (χ3n) is 2.64. The maximum atomic E-state index is 12.2. The monoisotopic (exact) mass is 293 g/mol. The summed E-state index contributed by atoms with van der Waals surface area (Å²) in [5, 5.41) is 9.72. The normalized spacial score (nSPS) is 17.8. The summed E-state index contributed by atoms with van der Waals surface area (Å²) in [7, 11) is 0. The smallest absolute Gasteiger partial charge is 0.266 e. The number of phenolic OH excluding ortho intramolecular Hbond substituents is 1. The zero-order chi connectivity index (χ0) is 14.0. The van der Waals surface area contributed by atoms with E-state index in [2.05, 4.69) is 0 Å². The molecule has 0 saturated carbocycles. The van der Waals surface area contributed by atoms with E-state index in [-0.39, 0.29) is 11.7 Å². The van der Waals surface area contributed by atoms with Crippen molar-refractivity contribution in [3.63, 3.8) is 0 Å². The Hall–Kier alpha value is -1.33. The molecule has 1 aromatic rings.